The lowest BCUT2D eigenvalue weighted by molar-refractivity contribution is 0.199. The van der Waals surface area contributed by atoms with Gasteiger partial charge in [0.2, 0.25) is 0 Å². The maximum atomic E-state index is 13.7. The average Bonchev–Trinajstić information content (AvgIpc) is 2.50. The van der Waals surface area contributed by atoms with E-state index in [4.69, 9.17) is 0 Å². The van der Waals surface area contributed by atoms with Crippen LogP contribution in [0.1, 0.15) is 19.8 Å². The molecule has 0 saturated carbocycles. The van der Waals surface area contributed by atoms with E-state index >= 15 is 0 Å². The molecular weight excluding hydrogens is 267 g/mol. The number of hydrogen-bond acceptors (Lipinski definition) is 4. The number of aromatic nitrogens is 2. The summed E-state index contributed by atoms with van der Waals surface area (Å²) in [5, 5.41) is 4.05. The maximum absolute atomic E-state index is 13.7. The van der Waals surface area contributed by atoms with E-state index in [0.29, 0.717) is 11.3 Å². The minimum absolute atomic E-state index is 0.303. The van der Waals surface area contributed by atoms with Crippen LogP contribution >= 0.6 is 0 Å². The van der Waals surface area contributed by atoms with Gasteiger partial charge in [-0.3, -0.25) is 0 Å². The molecular formula is C16H21FN4. The van der Waals surface area contributed by atoms with E-state index in [9.17, 15) is 4.39 Å². The summed E-state index contributed by atoms with van der Waals surface area (Å²) in [6.07, 6.45) is 3.97. The highest BCUT2D eigenvalue weighted by Crippen LogP contribution is 2.21. The van der Waals surface area contributed by atoms with Crippen LogP contribution in [0.4, 0.5) is 10.2 Å². The molecule has 3 rings (SSSR count). The first kappa shape index (κ1) is 14.2. The van der Waals surface area contributed by atoms with Crippen molar-refractivity contribution in [3.05, 3.63) is 30.3 Å². The van der Waals surface area contributed by atoms with Crippen molar-refractivity contribution in [2.75, 3.05) is 31.5 Å². The smallest absolute Gasteiger partial charge is 0.149 e. The van der Waals surface area contributed by atoms with Crippen LogP contribution in [0.2, 0.25) is 0 Å². The number of nitrogens with one attached hydrogen (secondary N) is 1. The van der Waals surface area contributed by atoms with E-state index in [1.807, 2.05) is 6.07 Å². The van der Waals surface area contributed by atoms with Gasteiger partial charge in [0.15, 0.2) is 0 Å². The first-order chi connectivity index (χ1) is 10.2. The molecule has 1 aromatic heterocycles. The standard InChI is InChI=1S/C16H21FN4/c1-12-5-8-21(9-6-12)10-7-18-16-13-3-2-4-14(17)15(13)19-11-20-16/h2-4,11-12H,5-10H2,1H3,(H,18,19,20). The lowest BCUT2D eigenvalue weighted by Crippen LogP contribution is -2.36. The number of para-hydroxylation sites is 1. The summed E-state index contributed by atoms with van der Waals surface area (Å²) in [7, 11) is 0. The summed E-state index contributed by atoms with van der Waals surface area (Å²) in [5.74, 6) is 1.26. The second kappa shape index (κ2) is 6.35. The summed E-state index contributed by atoms with van der Waals surface area (Å²) in [6.45, 7) is 6.46. The van der Waals surface area contributed by atoms with Crippen LogP contribution in [0.25, 0.3) is 10.9 Å². The molecule has 21 heavy (non-hydrogen) atoms. The van der Waals surface area contributed by atoms with E-state index in [1.165, 1.54) is 38.3 Å². The molecule has 112 valence electrons. The SMILES string of the molecule is CC1CCN(CCNc2ncnc3c(F)cccc23)CC1. The molecule has 0 atom stereocenters. The topological polar surface area (TPSA) is 41.0 Å². The number of rotatable bonds is 4. The number of nitrogens with zero attached hydrogens (tertiary/aromatic N) is 3. The molecule has 0 bridgehead atoms. The van der Waals surface area contributed by atoms with Gasteiger partial charge in [-0.25, -0.2) is 14.4 Å². The van der Waals surface area contributed by atoms with Crippen LogP contribution in [-0.2, 0) is 0 Å². The third-order valence-electron chi connectivity index (χ3n) is 4.21. The monoisotopic (exact) mass is 288 g/mol. The molecule has 4 nitrogen and oxygen atoms in total. The fourth-order valence-electron chi connectivity index (χ4n) is 2.81. The highest BCUT2D eigenvalue weighted by atomic mass is 19.1. The van der Waals surface area contributed by atoms with Gasteiger partial charge in [-0.1, -0.05) is 13.0 Å². The van der Waals surface area contributed by atoms with E-state index in [1.54, 1.807) is 6.07 Å². The van der Waals surface area contributed by atoms with Crippen molar-refractivity contribution in [2.45, 2.75) is 19.8 Å². The average molecular weight is 288 g/mol. The summed E-state index contributed by atoms with van der Waals surface area (Å²) in [4.78, 5) is 10.7. The maximum Gasteiger partial charge on any atom is 0.149 e. The first-order valence-corrected chi connectivity index (χ1v) is 7.59. The third kappa shape index (κ3) is 3.29. The zero-order valence-electron chi connectivity index (χ0n) is 12.3. The molecule has 1 fully saturated rings. The number of benzene rings is 1. The predicted molar refractivity (Wildman–Crippen MR) is 82.8 cm³/mol. The Kier molecular flexibility index (Phi) is 4.29. The predicted octanol–water partition coefficient (Wildman–Crippen LogP) is 2.91. The molecule has 0 aliphatic carbocycles. The van der Waals surface area contributed by atoms with Crippen LogP contribution in [0.3, 0.4) is 0 Å². The molecule has 1 saturated heterocycles. The summed E-state index contributed by atoms with van der Waals surface area (Å²) in [5.41, 5.74) is 0.377. The van der Waals surface area contributed by atoms with Gasteiger partial charge in [-0.05, 0) is 44.0 Å². The van der Waals surface area contributed by atoms with Crippen molar-refractivity contribution in [3.63, 3.8) is 0 Å². The molecule has 2 aromatic rings. The minimum Gasteiger partial charge on any atom is -0.368 e. The van der Waals surface area contributed by atoms with Gasteiger partial charge >= 0.3 is 0 Å². The Hall–Kier alpha value is -1.75. The number of fused-ring (bicyclic) bond motifs is 1. The van der Waals surface area contributed by atoms with Crippen molar-refractivity contribution in [2.24, 2.45) is 5.92 Å². The van der Waals surface area contributed by atoms with Crippen LogP contribution in [0.5, 0.6) is 0 Å². The molecule has 1 aromatic carbocycles. The molecule has 0 amide bonds. The van der Waals surface area contributed by atoms with Gasteiger partial charge in [0.1, 0.15) is 23.5 Å². The Bertz CT molecular complexity index is 608. The Morgan fingerprint density at radius 1 is 1.29 bits per heavy atom. The van der Waals surface area contributed by atoms with Crippen molar-refractivity contribution in [1.29, 1.82) is 0 Å². The Labute approximate surface area is 124 Å². The second-order valence-corrected chi connectivity index (χ2v) is 5.81. The second-order valence-electron chi connectivity index (χ2n) is 5.81. The highest BCUT2D eigenvalue weighted by Gasteiger charge is 2.15. The molecule has 5 heteroatoms. The van der Waals surface area contributed by atoms with Crippen LogP contribution in [0, 0.1) is 11.7 Å². The van der Waals surface area contributed by atoms with Gasteiger partial charge in [0.25, 0.3) is 0 Å². The normalized spacial score (nSPS) is 17.2. The zero-order chi connectivity index (χ0) is 14.7. The highest BCUT2D eigenvalue weighted by molar-refractivity contribution is 5.89. The molecule has 1 N–H and O–H groups in total. The van der Waals surface area contributed by atoms with Gasteiger partial charge in [-0.2, -0.15) is 0 Å². The van der Waals surface area contributed by atoms with E-state index in [2.05, 4.69) is 27.1 Å². The number of likely N-dealkylation sites (tertiary alicyclic amines) is 1. The lowest BCUT2D eigenvalue weighted by atomic mass is 9.99. The van der Waals surface area contributed by atoms with Crippen LogP contribution < -0.4 is 5.32 Å². The van der Waals surface area contributed by atoms with Crippen molar-refractivity contribution < 1.29 is 4.39 Å². The van der Waals surface area contributed by atoms with E-state index < -0.39 is 0 Å². The fraction of sp³-hybridized carbons (Fsp3) is 0.500. The molecule has 0 spiro atoms. The molecule has 1 aliphatic heterocycles. The fourth-order valence-corrected chi connectivity index (χ4v) is 2.81. The van der Waals surface area contributed by atoms with Gasteiger partial charge < -0.3 is 10.2 Å². The number of halogens is 1. The van der Waals surface area contributed by atoms with Crippen LogP contribution in [0.15, 0.2) is 24.5 Å². The van der Waals surface area contributed by atoms with Gasteiger partial charge in [0, 0.05) is 18.5 Å². The molecule has 0 unspecified atom stereocenters. The van der Waals surface area contributed by atoms with E-state index in [-0.39, 0.29) is 5.82 Å². The van der Waals surface area contributed by atoms with E-state index in [0.717, 1.165) is 24.4 Å². The number of anilines is 1. The Morgan fingerprint density at radius 2 is 2.10 bits per heavy atom. The number of piperidine rings is 1. The summed E-state index contributed by atoms with van der Waals surface area (Å²) >= 11 is 0. The van der Waals surface area contributed by atoms with Crippen LogP contribution in [-0.4, -0.2) is 41.0 Å². The molecule has 0 radical (unpaired) electrons. The van der Waals surface area contributed by atoms with Crippen molar-refractivity contribution in [1.82, 2.24) is 14.9 Å². The summed E-state index contributed by atoms with van der Waals surface area (Å²) in [6, 6.07) is 4.97. The Balaban J connectivity index is 1.62. The number of hydrogen-bond donors (Lipinski definition) is 1. The van der Waals surface area contributed by atoms with Crippen molar-refractivity contribution in [3.8, 4) is 0 Å². The largest absolute Gasteiger partial charge is 0.368 e. The third-order valence-corrected chi connectivity index (χ3v) is 4.21. The Morgan fingerprint density at radius 3 is 2.90 bits per heavy atom. The van der Waals surface area contributed by atoms with Crippen molar-refractivity contribution >= 4 is 16.7 Å². The summed E-state index contributed by atoms with van der Waals surface area (Å²) < 4.78 is 13.7. The quantitative estimate of drug-likeness (QED) is 0.939. The minimum atomic E-state index is -0.303. The van der Waals surface area contributed by atoms with Gasteiger partial charge in [0.05, 0.1) is 0 Å². The lowest BCUT2D eigenvalue weighted by Gasteiger charge is -2.30. The zero-order valence-corrected chi connectivity index (χ0v) is 12.3. The first-order valence-electron chi connectivity index (χ1n) is 7.59. The van der Waals surface area contributed by atoms with Gasteiger partial charge in [-0.15, -0.1) is 0 Å². The molecule has 2 heterocycles. The molecule has 1 aliphatic rings.